The molecule has 0 aliphatic heterocycles. The third kappa shape index (κ3) is 6.97. The fourth-order valence-electron chi connectivity index (χ4n) is 1.67. The van der Waals surface area contributed by atoms with E-state index in [0.29, 0.717) is 25.9 Å². The Kier molecular flexibility index (Phi) is 8.61. The van der Waals surface area contributed by atoms with Crippen molar-refractivity contribution in [1.82, 2.24) is 0 Å². The average Bonchev–Trinajstić information content (AvgIpc) is 3.56. The van der Waals surface area contributed by atoms with Gasteiger partial charge in [-0.3, -0.25) is 5.26 Å². The Morgan fingerprint density at radius 1 is 0.885 bits per heavy atom. The normalized spacial score (nSPS) is 32.1. The van der Waals surface area contributed by atoms with Crippen LogP contribution in [0.2, 0.25) is 0 Å². The van der Waals surface area contributed by atoms with E-state index < -0.39 is 5.79 Å². The van der Waals surface area contributed by atoms with Gasteiger partial charge in [0.05, 0.1) is 6.61 Å². The van der Waals surface area contributed by atoms with Gasteiger partial charge in [-0.1, -0.05) is 6.92 Å². The molecule has 0 spiro atoms. The molecule has 0 heterocycles. The monoisotopic (exact) mass is 382 g/mol. The largest absolute Gasteiger partial charge is 0.251 e. The van der Waals surface area contributed by atoms with Gasteiger partial charge in [0.25, 0.3) is 0 Å². The topological polar surface area (TPSA) is 103 Å². The predicted octanol–water partition coefficient (Wildman–Crippen LogP) is 2.47. The first kappa shape index (κ1) is 21.9. The van der Waals surface area contributed by atoms with Crippen molar-refractivity contribution in [2.45, 2.75) is 96.3 Å². The minimum Gasteiger partial charge on any atom is -0.251 e. The summed E-state index contributed by atoms with van der Waals surface area (Å²) in [6, 6.07) is 0. The second-order valence-electron chi connectivity index (χ2n) is 6.68. The van der Waals surface area contributed by atoms with Crippen LogP contribution in [0, 0.1) is 0 Å². The third-order valence-electron chi connectivity index (χ3n) is 4.15. The lowest BCUT2D eigenvalue weighted by molar-refractivity contribution is -0.511. The molecule has 1 N–H and O–H groups in total. The summed E-state index contributed by atoms with van der Waals surface area (Å²) in [4.78, 5) is 45.8. The van der Waals surface area contributed by atoms with E-state index in [-0.39, 0.29) is 36.6 Å². The summed E-state index contributed by atoms with van der Waals surface area (Å²) in [6.07, 6.45) is 0.0225. The van der Waals surface area contributed by atoms with E-state index in [9.17, 15) is 0 Å². The van der Waals surface area contributed by atoms with Crippen molar-refractivity contribution in [2.24, 2.45) is 0 Å². The quantitative estimate of drug-likeness (QED) is 0.258. The van der Waals surface area contributed by atoms with Crippen molar-refractivity contribution in [3.63, 3.8) is 0 Å². The maximum Gasteiger partial charge on any atom is 0.230 e. The van der Waals surface area contributed by atoms with E-state index in [1.165, 1.54) is 0 Å². The van der Waals surface area contributed by atoms with Crippen LogP contribution in [-0.4, -0.2) is 54.3 Å². The van der Waals surface area contributed by atoms with Crippen molar-refractivity contribution in [1.29, 1.82) is 0 Å². The molecule has 0 aromatic heterocycles. The second-order valence-corrected chi connectivity index (χ2v) is 6.68. The van der Waals surface area contributed by atoms with Crippen molar-refractivity contribution >= 4 is 0 Å². The molecule has 0 radical (unpaired) electrons. The molecular weight excluding hydrogens is 352 g/mol. The first-order valence-electron chi connectivity index (χ1n) is 9.02. The summed E-state index contributed by atoms with van der Waals surface area (Å²) in [5.74, 6) is -0.976. The van der Waals surface area contributed by atoms with E-state index in [1.807, 2.05) is 13.8 Å². The molecule has 0 aromatic rings. The molecule has 7 unspecified atom stereocenters. The number of hydrogen-bond donors (Lipinski definition) is 1. The van der Waals surface area contributed by atoms with Crippen LogP contribution in [0.15, 0.2) is 0 Å². The van der Waals surface area contributed by atoms with E-state index in [2.05, 4.69) is 4.89 Å². The predicted molar refractivity (Wildman–Crippen MR) is 84.9 cm³/mol. The van der Waals surface area contributed by atoms with Crippen LogP contribution in [0.25, 0.3) is 0 Å². The summed E-state index contributed by atoms with van der Waals surface area (Å²) in [7, 11) is 0. The Bertz CT molecular complexity index is 410. The molecule has 7 atom stereocenters. The molecule has 0 saturated heterocycles. The molecule has 154 valence electrons. The number of rotatable bonds is 15. The molecule has 0 bridgehead atoms. The van der Waals surface area contributed by atoms with Crippen LogP contribution in [0.3, 0.4) is 0 Å². The standard InChI is InChI=1S/C16H30O10/c1-6-16(5,25-18-7-2)26-24-15-9-14(15)23-21-11(4)10(3)20-22-13-8-12(13)19-17/h10-15,17H,6-9H2,1-5H3. The van der Waals surface area contributed by atoms with Crippen molar-refractivity contribution in [3.8, 4) is 0 Å². The first-order chi connectivity index (χ1) is 12.4. The van der Waals surface area contributed by atoms with Crippen LogP contribution < -0.4 is 0 Å². The fourth-order valence-corrected chi connectivity index (χ4v) is 1.67. The molecule has 0 aromatic carbocycles. The molecule has 2 aliphatic carbocycles. The highest BCUT2D eigenvalue weighted by Crippen LogP contribution is 2.33. The Balaban J connectivity index is 1.55. The minimum atomic E-state index is -0.976. The van der Waals surface area contributed by atoms with Gasteiger partial charge in [-0.2, -0.15) is 9.78 Å². The molecule has 2 saturated carbocycles. The molecule has 2 fully saturated rings. The van der Waals surface area contributed by atoms with Gasteiger partial charge in [0.2, 0.25) is 5.79 Å². The van der Waals surface area contributed by atoms with Crippen LogP contribution in [0.4, 0.5) is 0 Å². The zero-order valence-corrected chi connectivity index (χ0v) is 15.9. The molecule has 26 heavy (non-hydrogen) atoms. The zero-order chi connectivity index (χ0) is 19.2. The molecule has 10 heteroatoms. The van der Waals surface area contributed by atoms with Crippen LogP contribution in [0.5, 0.6) is 0 Å². The smallest absolute Gasteiger partial charge is 0.230 e. The summed E-state index contributed by atoms with van der Waals surface area (Å²) < 4.78 is 0. The van der Waals surface area contributed by atoms with Crippen LogP contribution >= 0.6 is 0 Å². The van der Waals surface area contributed by atoms with Gasteiger partial charge in [0, 0.05) is 19.3 Å². The third-order valence-corrected chi connectivity index (χ3v) is 4.15. The van der Waals surface area contributed by atoms with Crippen LogP contribution in [-0.2, 0) is 44.0 Å². The fraction of sp³-hybridized carbons (Fsp3) is 1.00. The zero-order valence-electron chi connectivity index (χ0n) is 15.9. The van der Waals surface area contributed by atoms with Crippen molar-refractivity contribution < 1.29 is 49.2 Å². The highest BCUT2D eigenvalue weighted by molar-refractivity contribution is 4.88. The Morgan fingerprint density at radius 3 is 1.92 bits per heavy atom. The van der Waals surface area contributed by atoms with Crippen LogP contribution in [0.1, 0.15) is 53.9 Å². The molecule has 2 aliphatic rings. The molecular formula is C16H30O10. The maximum atomic E-state index is 8.46. The summed E-state index contributed by atoms with van der Waals surface area (Å²) in [5.41, 5.74) is 0. The van der Waals surface area contributed by atoms with Gasteiger partial charge in [-0.25, -0.2) is 34.2 Å². The summed E-state index contributed by atoms with van der Waals surface area (Å²) in [5, 5.41) is 8.46. The summed E-state index contributed by atoms with van der Waals surface area (Å²) >= 11 is 0. The average molecular weight is 382 g/mol. The van der Waals surface area contributed by atoms with Gasteiger partial charge in [-0.05, 0) is 27.7 Å². The van der Waals surface area contributed by atoms with Gasteiger partial charge < -0.3 is 0 Å². The Morgan fingerprint density at radius 2 is 1.42 bits per heavy atom. The minimum absolute atomic E-state index is 0.227. The van der Waals surface area contributed by atoms with Gasteiger partial charge in [0.15, 0.2) is 0 Å². The lowest BCUT2D eigenvalue weighted by atomic mass is 10.2. The van der Waals surface area contributed by atoms with E-state index >= 15 is 0 Å². The SMILES string of the molecule is CCOOC(C)(CC)OOC1CC1OOC(C)C(C)OOC1CC1OO. The molecule has 10 nitrogen and oxygen atoms in total. The van der Waals surface area contributed by atoms with Crippen molar-refractivity contribution in [3.05, 3.63) is 0 Å². The first-order valence-corrected chi connectivity index (χ1v) is 9.02. The number of hydrogen-bond acceptors (Lipinski definition) is 10. The van der Waals surface area contributed by atoms with E-state index in [0.717, 1.165) is 0 Å². The van der Waals surface area contributed by atoms with E-state index in [1.54, 1.807) is 20.8 Å². The Hall–Kier alpha value is -0.400. The van der Waals surface area contributed by atoms with Gasteiger partial charge in [0.1, 0.15) is 36.6 Å². The molecule has 2 rings (SSSR count). The molecule has 0 amide bonds. The Labute approximate surface area is 153 Å². The lowest BCUT2D eigenvalue weighted by Crippen LogP contribution is -2.32. The second kappa shape index (κ2) is 10.2. The van der Waals surface area contributed by atoms with E-state index in [4.69, 9.17) is 44.4 Å². The highest BCUT2D eigenvalue weighted by atomic mass is 17.3. The maximum absolute atomic E-state index is 8.46. The summed E-state index contributed by atoms with van der Waals surface area (Å²) in [6.45, 7) is 9.43. The lowest BCUT2D eigenvalue weighted by Gasteiger charge is -2.25. The van der Waals surface area contributed by atoms with Gasteiger partial charge >= 0.3 is 0 Å². The van der Waals surface area contributed by atoms with Gasteiger partial charge in [-0.15, -0.1) is 0 Å². The van der Waals surface area contributed by atoms with Crippen molar-refractivity contribution in [2.75, 3.05) is 6.61 Å². The highest BCUT2D eigenvalue weighted by Gasteiger charge is 2.45.